The maximum absolute atomic E-state index is 13.2. The molecule has 0 spiro atoms. The van der Waals surface area contributed by atoms with Gasteiger partial charge in [-0.1, -0.05) is 11.6 Å². The molecule has 0 aliphatic rings. The predicted molar refractivity (Wildman–Crippen MR) is 79.2 cm³/mol. The molecule has 0 aliphatic carbocycles. The number of thiophene rings is 1. The number of rotatable bonds is 4. The van der Waals surface area contributed by atoms with Crippen molar-refractivity contribution >= 4 is 33.0 Å². The van der Waals surface area contributed by atoms with Gasteiger partial charge < -0.3 is 0 Å². The minimum absolute atomic E-state index is 0.126. The van der Waals surface area contributed by atoms with Crippen LogP contribution in [-0.4, -0.2) is 8.42 Å². The molecule has 0 radical (unpaired) electrons. The highest BCUT2D eigenvalue weighted by Gasteiger charge is 2.20. The summed E-state index contributed by atoms with van der Waals surface area (Å²) >= 11 is 7.11. The molecule has 2 aromatic rings. The van der Waals surface area contributed by atoms with E-state index in [9.17, 15) is 12.8 Å². The van der Waals surface area contributed by atoms with Gasteiger partial charge in [-0.25, -0.2) is 17.5 Å². The van der Waals surface area contributed by atoms with Gasteiger partial charge in [0.1, 0.15) is 5.82 Å². The van der Waals surface area contributed by atoms with E-state index in [1.165, 1.54) is 23.5 Å². The van der Waals surface area contributed by atoms with Crippen LogP contribution in [0.3, 0.4) is 0 Å². The first kappa shape index (κ1) is 15.4. The lowest BCUT2D eigenvalue weighted by atomic mass is 10.1. The Labute approximate surface area is 126 Å². The Bertz CT molecular complexity index is 718. The molecule has 2 rings (SSSR count). The lowest BCUT2D eigenvalue weighted by Gasteiger charge is -2.11. The van der Waals surface area contributed by atoms with Crippen LogP contribution in [0, 0.1) is 19.7 Å². The van der Waals surface area contributed by atoms with Crippen LogP contribution in [0.5, 0.6) is 0 Å². The van der Waals surface area contributed by atoms with Crippen molar-refractivity contribution in [2.24, 2.45) is 0 Å². The molecule has 1 heterocycles. The summed E-state index contributed by atoms with van der Waals surface area (Å²) in [6.45, 7) is 3.31. The Hall–Kier alpha value is -0.950. The highest BCUT2D eigenvalue weighted by atomic mass is 35.5. The second-order valence-electron chi connectivity index (χ2n) is 4.40. The van der Waals surface area contributed by atoms with Crippen molar-refractivity contribution < 1.29 is 12.8 Å². The fraction of sp³-hybridized carbons (Fsp3) is 0.231. The normalized spacial score (nSPS) is 11.8. The molecule has 108 valence electrons. The van der Waals surface area contributed by atoms with Gasteiger partial charge in [-0.05, 0) is 49.2 Å². The lowest BCUT2D eigenvalue weighted by Crippen LogP contribution is -2.24. The molecule has 0 saturated carbocycles. The number of sulfonamides is 1. The molecule has 0 saturated heterocycles. The zero-order valence-corrected chi connectivity index (χ0v) is 13.3. The van der Waals surface area contributed by atoms with E-state index in [4.69, 9.17) is 11.6 Å². The molecule has 7 heteroatoms. The number of hydrogen-bond acceptors (Lipinski definition) is 3. The molecule has 0 fully saturated rings. The zero-order valence-electron chi connectivity index (χ0n) is 10.9. The molecular weight excluding hydrogens is 321 g/mol. The van der Waals surface area contributed by atoms with Crippen molar-refractivity contribution in [3.8, 4) is 0 Å². The summed E-state index contributed by atoms with van der Waals surface area (Å²) in [5, 5.41) is 0. The van der Waals surface area contributed by atoms with Gasteiger partial charge in [0.2, 0.25) is 10.0 Å². The van der Waals surface area contributed by atoms with Gasteiger partial charge in [-0.15, -0.1) is 11.3 Å². The molecule has 0 aliphatic heterocycles. The minimum atomic E-state index is -3.68. The quantitative estimate of drug-likeness (QED) is 0.928. The minimum Gasteiger partial charge on any atom is -0.207 e. The van der Waals surface area contributed by atoms with Gasteiger partial charge in [-0.3, -0.25) is 0 Å². The van der Waals surface area contributed by atoms with E-state index in [1.807, 2.05) is 0 Å². The average molecular weight is 334 g/mol. The molecule has 20 heavy (non-hydrogen) atoms. The Morgan fingerprint density at radius 3 is 2.35 bits per heavy atom. The third-order valence-electron chi connectivity index (χ3n) is 2.76. The fourth-order valence-corrected chi connectivity index (χ4v) is 4.58. The summed E-state index contributed by atoms with van der Waals surface area (Å²) < 4.78 is 40.9. The predicted octanol–water partition coefficient (Wildman–Crippen LogP) is 3.64. The highest BCUT2D eigenvalue weighted by molar-refractivity contribution is 7.89. The van der Waals surface area contributed by atoms with Crippen LogP contribution in [0.15, 0.2) is 29.2 Å². The topological polar surface area (TPSA) is 46.2 Å². The average Bonchev–Trinajstić information content (AvgIpc) is 2.71. The number of halogens is 2. The smallest absolute Gasteiger partial charge is 0.207 e. The Kier molecular flexibility index (Phi) is 4.49. The summed E-state index contributed by atoms with van der Waals surface area (Å²) in [6.07, 6.45) is 0. The first-order valence-electron chi connectivity index (χ1n) is 5.80. The molecule has 1 aromatic heterocycles. The Morgan fingerprint density at radius 2 is 1.85 bits per heavy atom. The van der Waals surface area contributed by atoms with E-state index in [2.05, 4.69) is 4.72 Å². The maximum Gasteiger partial charge on any atom is 0.241 e. The zero-order chi connectivity index (χ0) is 14.9. The molecule has 0 bridgehead atoms. The van der Waals surface area contributed by atoms with E-state index < -0.39 is 15.8 Å². The molecule has 3 nitrogen and oxygen atoms in total. The summed E-state index contributed by atoms with van der Waals surface area (Å²) in [6, 6.07) is 5.90. The van der Waals surface area contributed by atoms with Crippen molar-refractivity contribution in [1.29, 1.82) is 0 Å². The van der Waals surface area contributed by atoms with Crippen molar-refractivity contribution in [3.05, 3.63) is 50.4 Å². The van der Waals surface area contributed by atoms with Gasteiger partial charge in [0.15, 0.2) is 0 Å². The van der Waals surface area contributed by atoms with Crippen LogP contribution in [0.4, 0.5) is 4.39 Å². The van der Waals surface area contributed by atoms with Crippen LogP contribution in [0.1, 0.15) is 16.0 Å². The Balaban J connectivity index is 2.27. The van der Waals surface area contributed by atoms with Gasteiger partial charge in [0, 0.05) is 11.4 Å². The summed E-state index contributed by atoms with van der Waals surface area (Å²) in [5.74, 6) is -0.441. The van der Waals surface area contributed by atoms with Gasteiger partial charge in [0.25, 0.3) is 0 Å². The van der Waals surface area contributed by atoms with Gasteiger partial charge >= 0.3 is 0 Å². The van der Waals surface area contributed by atoms with Crippen molar-refractivity contribution in [2.75, 3.05) is 0 Å². The maximum atomic E-state index is 13.2. The van der Waals surface area contributed by atoms with Crippen LogP contribution >= 0.6 is 22.9 Å². The number of aryl methyl sites for hydroxylation is 2. The summed E-state index contributed by atoms with van der Waals surface area (Å²) in [7, 11) is -3.68. The van der Waals surface area contributed by atoms with E-state index in [0.29, 0.717) is 15.5 Å². The van der Waals surface area contributed by atoms with Crippen LogP contribution in [-0.2, 0) is 16.6 Å². The van der Waals surface area contributed by atoms with Gasteiger partial charge in [-0.2, -0.15) is 0 Å². The van der Waals surface area contributed by atoms with Crippen molar-refractivity contribution in [2.45, 2.75) is 25.3 Å². The number of hydrogen-bond donors (Lipinski definition) is 1. The second kappa shape index (κ2) is 5.81. The monoisotopic (exact) mass is 333 g/mol. The second-order valence-corrected chi connectivity index (χ2v) is 7.90. The first-order valence-corrected chi connectivity index (χ1v) is 8.48. The fourth-order valence-electron chi connectivity index (χ4n) is 2.01. The summed E-state index contributed by atoms with van der Waals surface area (Å²) in [4.78, 5) is 0.942. The first-order chi connectivity index (χ1) is 9.29. The molecule has 0 atom stereocenters. The number of nitrogens with one attached hydrogen (secondary N) is 1. The molecule has 0 unspecified atom stereocenters. The van der Waals surface area contributed by atoms with E-state index in [-0.39, 0.29) is 11.4 Å². The molecule has 1 N–H and O–H groups in total. The standard InChI is InChI=1S/C13H13ClFNO2S2/c1-8-5-10(15)6-9(2)13(8)20(17,18)16-7-11-3-4-12(14)19-11/h3-6,16H,7H2,1-2H3. The van der Waals surface area contributed by atoms with Crippen LogP contribution < -0.4 is 4.72 Å². The largest absolute Gasteiger partial charge is 0.241 e. The lowest BCUT2D eigenvalue weighted by molar-refractivity contribution is 0.579. The van der Waals surface area contributed by atoms with Crippen LogP contribution in [0.2, 0.25) is 4.34 Å². The molecule has 1 aromatic carbocycles. The third kappa shape index (κ3) is 3.38. The molecule has 0 amide bonds. The van der Waals surface area contributed by atoms with Crippen molar-refractivity contribution in [3.63, 3.8) is 0 Å². The third-order valence-corrected chi connectivity index (χ3v) is 5.70. The van der Waals surface area contributed by atoms with E-state index >= 15 is 0 Å². The van der Waals surface area contributed by atoms with E-state index in [1.54, 1.807) is 26.0 Å². The highest BCUT2D eigenvalue weighted by Crippen LogP contribution is 2.24. The SMILES string of the molecule is Cc1cc(F)cc(C)c1S(=O)(=O)NCc1ccc(Cl)s1. The van der Waals surface area contributed by atoms with Crippen LogP contribution in [0.25, 0.3) is 0 Å². The summed E-state index contributed by atoms with van der Waals surface area (Å²) in [5.41, 5.74) is 0.776. The van der Waals surface area contributed by atoms with Crippen molar-refractivity contribution in [1.82, 2.24) is 4.72 Å². The Morgan fingerprint density at radius 1 is 1.25 bits per heavy atom. The number of benzene rings is 1. The van der Waals surface area contributed by atoms with E-state index in [0.717, 1.165) is 4.88 Å². The van der Waals surface area contributed by atoms with Gasteiger partial charge in [0.05, 0.1) is 9.23 Å². The molecular formula is C13H13ClFNO2S2.